The van der Waals surface area contributed by atoms with Crippen LogP contribution in [0.1, 0.15) is 65.2 Å². The molecule has 0 spiro atoms. The molecular weight excluding hydrogens is 188 g/mol. The molecule has 2 heteroatoms. The van der Waals surface area contributed by atoms with Gasteiger partial charge in [-0.3, -0.25) is 4.79 Å². The van der Waals surface area contributed by atoms with Gasteiger partial charge in [-0.1, -0.05) is 39.0 Å². The van der Waals surface area contributed by atoms with E-state index in [1.165, 1.54) is 38.5 Å². The van der Waals surface area contributed by atoms with E-state index in [0.717, 1.165) is 6.42 Å². The fourth-order valence-corrected chi connectivity index (χ4v) is 2.06. The quantitative estimate of drug-likeness (QED) is 0.572. The highest BCUT2D eigenvalue weighted by molar-refractivity contribution is 5.69. The molecule has 0 bridgehead atoms. The predicted molar refractivity (Wildman–Crippen MR) is 61.7 cm³/mol. The van der Waals surface area contributed by atoms with Crippen LogP contribution in [0.4, 0.5) is 0 Å². The van der Waals surface area contributed by atoms with Crippen LogP contribution in [0.3, 0.4) is 0 Å². The van der Waals surface area contributed by atoms with E-state index in [-0.39, 0.29) is 12.1 Å². The molecule has 0 radical (unpaired) electrons. The first-order valence-electron chi connectivity index (χ1n) is 6.39. The zero-order valence-electron chi connectivity index (χ0n) is 10.1. The number of rotatable bonds is 0. The standard InChI is InChI=1S/C13H24O2/c1-11-9-7-5-3-4-6-8-10-13(14)15-12(11)2/h11-12H,3-10H2,1-2H3. The second kappa shape index (κ2) is 6.86. The Morgan fingerprint density at radius 2 is 1.60 bits per heavy atom. The van der Waals surface area contributed by atoms with Crippen molar-refractivity contribution in [3.63, 3.8) is 0 Å². The monoisotopic (exact) mass is 212 g/mol. The van der Waals surface area contributed by atoms with Gasteiger partial charge in [0.05, 0.1) is 0 Å². The molecular formula is C13H24O2. The molecule has 0 aromatic heterocycles. The maximum absolute atomic E-state index is 11.4. The van der Waals surface area contributed by atoms with Gasteiger partial charge in [-0.05, 0) is 25.7 Å². The van der Waals surface area contributed by atoms with Crippen LogP contribution in [0.5, 0.6) is 0 Å². The molecule has 1 aliphatic rings. The molecule has 2 unspecified atom stereocenters. The van der Waals surface area contributed by atoms with Crippen LogP contribution in [0, 0.1) is 5.92 Å². The first kappa shape index (κ1) is 12.5. The molecule has 0 amide bonds. The van der Waals surface area contributed by atoms with E-state index in [2.05, 4.69) is 6.92 Å². The molecule has 2 nitrogen and oxygen atoms in total. The molecule has 0 N–H and O–H groups in total. The van der Waals surface area contributed by atoms with Crippen molar-refractivity contribution < 1.29 is 9.53 Å². The Kier molecular flexibility index (Phi) is 5.74. The van der Waals surface area contributed by atoms with E-state index in [9.17, 15) is 4.79 Å². The minimum Gasteiger partial charge on any atom is -0.462 e. The Hall–Kier alpha value is -0.530. The zero-order chi connectivity index (χ0) is 11.1. The van der Waals surface area contributed by atoms with Gasteiger partial charge in [-0.2, -0.15) is 0 Å². The Morgan fingerprint density at radius 1 is 1.00 bits per heavy atom. The number of esters is 1. The van der Waals surface area contributed by atoms with E-state index in [1.807, 2.05) is 6.92 Å². The van der Waals surface area contributed by atoms with Crippen molar-refractivity contribution in [2.45, 2.75) is 71.3 Å². The molecule has 0 aromatic carbocycles. The van der Waals surface area contributed by atoms with E-state index in [0.29, 0.717) is 12.3 Å². The summed E-state index contributed by atoms with van der Waals surface area (Å²) in [6, 6.07) is 0. The fraction of sp³-hybridized carbons (Fsp3) is 0.923. The first-order chi connectivity index (χ1) is 7.20. The topological polar surface area (TPSA) is 26.3 Å². The second-order valence-electron chi connectivity index (χ2n) is 4.83. The van der Waals surface area contributed by atoms with Crippen LogP contribution in [0.25, 0.3) is 0 Å². The van der Waals surface area contributed by atoms with Gasteiger partial charge in [0, 0.05) is 6.42 Å². The number of cyclic esters (lactones) is 1. The lowest BCUT2D eigenvalue weighted by atomic mass is 9.97. The van der Waals surface area contributed by atoms with E-state index in [4.69, 9.17) is 4.74 Å². The Morgan fingerprint density at radius 3 is 2.33 bits per heavy atom. The minimum atomic E-state index is -0.00470. The maximum atomic E-state index is 11.4. The third-order valence-electron chi connectivity index (χ3n) is 3.41. The number of carbonyl (C=O) groups is 1. The third kappa shape index (κ3) is 5.19. The highest BCUT2D eigenvalue weighted by Crippen LogP contribution is 2.19. The van der Waals surface area contributed by atoms with Crippen LogP contribution in [-0.4, -0.2) is 12.1 Å². The summed E-state index contributed by atoms with van der Waals surface area (Å²) in [7, 11) is 0. The SMILES string of the molecule is CC1CCCCCCCCC(=O)OC1C. The fourth-order valence-electron chi connectivity index (χ4n) is 2.06. The van der Waals surface area contributed by atoms with Gasteiger partial charge >= 0.3 is 5.97 Å². The summed E-state index contributed by atoms with van der Waals surface area (Å²) in [6.07, 6.45) is 9.29. The van der Waals surface area contributed by atoms with E-state index in [1.54, 1.807) is 0 Å². The van der Waals surface area contributed by atoms with Crippen molar-refractivity contribution in [3.8, 4) is 0 Å². The lowest BCUT2D eigenvalue weighted by Gasteiger charge is -2.21. The van der Waals surface area contributed by atoms with Gasteiger partial charge in [0.1, 0.15) is 6.10 Å². The zero-order valence-corrected chi connectivity index (χ0v) is 10.1. The van der Waals surface area contributed by atoms with Gasteiger partial charge in [0.2, 0.25) is 0 Å². The molecule has 0 aliphatic carbocycles. The average molecular weight is 212 g/mol. The Labute approximate surface area is 93.4 Å². The molecule has 1 aliphatic heterocycles. The normalized spacial score (nSPS) is 31.2. The number of hydrogen-bond acceptors (Lipinski definition) is 2. The van der Waals surface area contributed by atoms with Crippen molar-refractivity contribution in [2.75, 3.05) is 0 Å². The lowest BCUT2D eigenvalue weighted by molar-refractivity contribution is -0.150. The first-order valence-corrected chi connectivity index (χ1v) is 6.39. The summed E-state index contributed by atoms with van der Waals surface area (Å²) in [4.78, 5) is 11.4. The summed E-state index contributed by atoms with van der Waals surface area (Å²) in [5, 5.41) is 0. The summed E-state index contributed by atoms with van der Waals surface area (Å²) < 4.78 is 5.40. The molecule has 0 saturated carbocycles. The lowest BCUT2D eigenvalue weighted by Crippen LogP contribution is -2.22. The highest BCUT2D eigenvalue weighted by Gasteiger charge is 2.16. The summed E-state index contributed by atoms with van der Waals surface area (Å²) in [5.41, 5.74) is 0. The minimum absolute atomic E-state index is 0.00470. The average Bonchev–Trinajstić information content (AvgIpc) is 2.19. The molecule has 1 fully saturated rings. The van der Waals surface area contributed by atoms with Crippen molar-refractivity contribution in [1.82, 2.24) is 0 Å². The molecule has 2 atom stereocenters. The van der Waals surface area contributed by atoms with Crippen LogP contribution < -0.4 is 0 Å². The van der Waals surface area contributed by atoms with E-state index < -0.39 is 0 Å². The molecule has 1 saturated heterocycles. The van der Waals surface area contributed by atoms with Gasteiger partial charge in [-0.15, -0.1) is 0 Å². The predicted octanol–water partition coefficient (Wildman–Crippen LogP) is 3.69. The second-order valence-corrected chi connectivity index (χ2v) is 4.83. The van der Waals surface area contributed by atoms with Crippen molar-refractivity contribution in [1.29, 1.82) is 0 Å². The Bertz CT molecular complexity index is 189. The molecule has 0 aromatic rings. The third-order valence-corrected chi connectivity index (χ3v) is 3.41. The number of hydrogen-bond donors (Lipinski definition) is 0. The van der Waals surface area contributed by atoms with Gasteiger partial charge in [0.25, 0.3) is 0 Å². The largest absolute Gasteiger partial charge is 0.462 e. The highest BCUT2D eigenvalue weighted by atomic mass is 16.5. The van der Waals surface area contributed by atoms with Crippen LogP contribution >= 0.6 is 0 Å². The van der Waals surface area contributed by atoms with Crippen molar-refractivity contribution in [3.05, 3.63) is 0 Å². The van der Waals surface area contributed by atoms with Gasteiger partial charge in [-0.25, -0.2) is 0 Å². The molecule has 1 rings (SSSR count). The smallest absolute Gasteiger partial charge is 0.306 e. The Balaban J connectivity index is 2.38. The number of carbonyl (C=O) groups excluding carboxylic acids is 1. The van der Waals surface area contributed by atoms with Gasteiger partial charge in [0.15, 0.2) is 0 Å². The molecule has 88 valence electrons. The van der Waals surface area contributed by atoms with Gasteiger partial charge < -0.3 is 4.74 Å². The number of ether oxygens (including phenoxy) is 1. The summed E-state index contributed by atoms with van der Waals surface area (Å²) >= 11 is 0. The van der Waals surface area contributed by atoms with Crippen LogP contribution in [-0.2, 0) is 9.53 Å². The molecule has 15 heavy (non-hydrogen) atoms. The molecule has 1 heterocycles. The summed E-state index contributed by atoms with van der Waals surface area (Å²) in [5.74, 6) is 0.503. The summed E-state index contributed by atoms with van der Waals surface area (Å²) in [6.45, 7) is 4.21. The van der Waals surface area contributed by atoms with Crippen molar-refractivity contribution >= 4 is 5.97 Å². The van der Waals surface area contributed by atoms with Crippen LogP contribution in [0.15, 0.2) is 0 Å². The van der Waals surface area contributed by atoms with E-state index >= 15 is 0 Å². The maximum Gasteiger partial charge on any atom is 0.306 e. The van der Waals surface area contributed by atoms with Crippen molar-refractivity contribution in [2.24, 2.45) is 5.92 Å². The van der Waals surface area contributed by atoms with Crippen LogP contribution in [0.2, 0.25) is 0 Å².